The lowest BCUT2D eigenvalue weighted by Crippen LogP contribution is -2.59. The zero-order valence-corrected chi connectivity index (χ0v) is 29.0. The Hall–Kier alpha value is -4.84. The fourth-order valence-electron chi connectivity index (χ4n) is 5.32. The average molecular weight is 676 g/mol. The number of ketones is 1. The summed E-state index contributed by atoms with van der Waals surface area (Å²) in [6.07, 6.45) is 5.40. The quantitative estimate of drug-likeness (QED) is 0.238. The standard InChI is InChI=1S/C37H46FN5O6/c1-25(29-21-43(24-39-29)32(27-16-10-11-17-28(27)38)33(45)42-18-12-13-19-42)20-31(44)30(23-48-22-26-14-8-7-9-15-26)40-34(46)37(5,6)41-35(47)49-36(2,3)4/h7-11,14-17,20-21,24,30,32H,12-13,18-19,22-23H2,1-6H3,(H,40,46)(H,41,47)/t30-,32?/m1/s1. The van der Waals surface area contributed by atoms with Gasteiger partial charge in [-0.15, -0.1) is 0 Å². The second-order valence-electron chi connectivity index (χ2n) is 13.7. The van der Waals surface area contributed by atoms with Crippen molar-refractivity contribution in [3.63, 3.8) is 0 Å². The summed E-state index contributed by atoms with van der Waals surface area (Å²) in [4.78, 5) is 59.3. The lowest BCUT2D eigenvalue weighted by molar-refractivity contribution is -0.132. The molecule has 1 aliphatic rings. The van der Waals surface area contributed by atoms with Crippen molar-refractivity contribution in [3.8, 4) is 0 Å². The van der Waals surface area contributed by atoms with Crippen molar-refractivity contribution in [3.05, 3.63) is 95.8 Å². The first-order chi connectivity index (χ1) is 23.1. The molecule has 0 radical (unpaired) electrons. The minimum Gasteiger partial charge on any atom is -0.444 e. The fraction of sp³-hybridized carbons (Fsp3) is 0.432. The van der Waals surface area contributed by atoms with Crippen molar-refractivity contribution in [2.45, 2.75) is 84.2 Å². The molecule has 12 heteroatoms. The summed E-state index contributed by atoms with van der Waals surface area (Å²) >= 11 is 0. The number of alkyl carbamates (subject to hydrolysis) is 1. The molecule has 49 heavy (non-hydrogen) atoms. The molecule has 3 amide bonds. The van der Waals surface area contributed by atoms with Crippen molar-refractivity contribution in [2.24, 2.45) is 0 Å². The summed E-state index contributed by atoms with van der Waals surface area (Å²) in [5, 5.41) is 5.27. The maximum atomic E-state index is 15.0. The van der Waals surface area contributed by atoms with Crippen LogP contribution in [0, 0.1) is 5.82 Å². The monoisotopic (exact) mass is 675 g/mol. The molecule has 0 bridgehead atoms. The number of rotatable bonds is 13. The number of hydrogen-bond donors (Lipinski definition) is 2. The number of ether oxygens (including phenoxy) is 2. The van der Waals surface area contributed by atoms with E-state index in [0.29, 0.717) is 24.4 Å². The minimum atomic E-state index is -1.43. The van der Waals surface area contributed by atoms with Gasteiger partial charge in [-0.3, -0.25) is 14.4 Å². The maximum absolute atomic E-state index is 15.0. The number of nitrogens with zero attached hydrogens (tertiary/aromatic N) is 3. The molecule has 11 nitrogen and oxygen atoms in total. The van der Waals surface area contributed by atoms with E-state index in [9.17, 15) is 19.2 Å². The molecule has 2 aromatic carbocycles. The van der Waals surface area contributed by atoms with Crippen LogP contribution >= 0.6 is 0 Å². The second kappa shape index (κ2) is 16.0. The van der Waals surface area contributed by atoms with Crippen molar-refractivity contribution < 1.29 is 33.0 Å². The number of nitrogens with one attached hydrogen (secondary N) is 2. The lowest BCUT2D eigenvalue weighted by atomic mass is 10.0. The number of amides is 3. The van der Waals surface area contributed by atoms with Gasteiger partial charge in [0.05, 0.1) is 25.2 Å². The third-order valence-corrected chi connectivity index (χ3v) is 7.94. The highest BCUT2D eigenvalue weighted by molar-refractivity contribution is 6.02. The molecule has 2 heterocycles. The first-order valence-electron chi connectivity index (χ1n) is 16.4. The zero-order valence-electron chi connectivity index (χ0n) is 29.0. The van der Waals surface area contributed by atoms with Crippen LogP contribution in [0.15, 0.2) is 73.2 Å². The second-order valence-corrected chi connectivity index (χ2v) is 13.7. The van der Waals surface area contributed by atoms with Crippen molar-refractivity contribution in [2.75, 3.05) is 19.7 Å². The fourth-order valence-corrected chi connectivity index (χ4v) is 5.32. The van der Waals surface area contributed by atoms with Gasteiger partial charge in [0.1, 0.15) is 29.0 Å². The van der Waals surface area contributed by atoms with Gasteiger partial charge in [-0.2, -0.15) is 0 Å². The summed E-state index contributed by atoms with van der Waals surface area (Å²) in [6, 6.07) is 13.5. The summed E-state index contributed by atoms with van der Waals surface area (Å²) < 4.78 is 27.7. The van der Waals surface area contributed by atoms with Crippen LogP contribution in [0.25, 0.3) is 5.57 Å². The van der Waals surface area contributed by atoms with Gasteiger partial charge >= 0.3 is 6.09 Å². The number of carbonyl (C=O) groups excluding carboxylic acids is 4. The summed E-state index contributed by atoms with van der Waals surface area (Å²) in [7, 11) is 0. The highest BCUT2D eigenvalue weighted by Crippen LogP contribution is 2.27. The van der Waals surface area contributed by atoms with Crippen LogP contribution in [-0.2, 0) is 30.5 Å². The minimum absolute atomic E-state index is 0.153. The Morgan fingerprint density at radius 2 is 1.63 bits per heavy atom. The van der Waals surface area contributed by atoms with Crippen molar-refractivity contribution in [1.29, 1.82) is 0 Å². The van der Waals surface area contributed by atoms with E-state index in [4.69, 9.17) is 9.47 Å². The number of halogens is 1. The Bertz CT molecular complexity index is 1660. The van der Waals surface area contributed by atoms with E-state index >= 15 is 4.39 Å². The predicted octanol–water partition coefficient (Wildman–Crippen LogP) is 5.21. The van der Waals surface area contributed by atoms with Crippen LogP contribution < -0.4 is 10.6 Å². The predicted molar refractivity (Wildman–Crippen MR) is 183 cm³/mol. The first-order valence-corrected chi connectivity index (χ1v) is 16.4. The molecule has 0 saturated carbocycles. The van der Waals surface area contributed by atoms with E-state index < -0.39 is 46.8 Å². The molecule has 1 unspecified atom stereocenters. The summed E-state index contributed by atoms with van der Waals surface area (Å²) in [5.74, 6) is -1.83. The van der Waals surface area contributed by atoms with Gasteiger partial charge in [-0.1, -0.05) is 48.5 Å². The first kappa shape index (κ1) is 37.0. The highest BCUT2D eigenvalue weighted by Gasteiger charge is 2.35. The smallest absolute Gasteiger partial charge is 0.408 e. The average Bonchev–Trinajstić information content (AvgIpc) is 3.74. The molecule has 0 spiro atoms. The van der Waals surface area contributed by atoms with E-state index in [1.165, 1.54) is 32.3 Å². The van der Waals surface area contributed by atoms with E-state index in [-0.39, 0.29) is 24.7 Å². The highest BCUT2D eigenvalue weighted by atomic mass is 19.1. The number of likely N-dealkylation sites (tertiary alicyclic amines) is 1. The Morgan fingerprint density at radius 1 is 0.980 bits per heavy atom. The number of benzene rings is 2. The molecule has 0 aliphatic carbocycles. The van der Waals surface area contributed by atoms with Gasteiger partial charge in [-0.05, 0) is 77.7 Å². The Labute approximate surface area is 286 Å². The largest absolute Gasteiger partial charge is 0.444 e. The Kier molecular flexibility index (Phi) is 12.1. The van der Waals surface area contributed by atoms with Crippen LogP contribution in [0.4, 0.5) is 9.18 Å². The maximum Gasteiger partial charge on any atom is 0.408 e. The molecular formula is C37H46FN5O6. The third-order valence-electron chi connectivity index (χ3n) is 7.94. The zero-order chi connectivity index (χ0) is 35.8. The van der Waals surface area contributed by atoms with Crippen LogP contribution in [0.2, 0.25) is 0 Å². The molecular weight excluding hydrogens is 629 g/mol. The van der Waals surface area contributed by atoms with Crippen LogP contribution in [-0.4, -0.2) is 75.0 Å². The van der Waals surface area contributed by atoms with Gasteiger partial charge in [0.2, 0.25) is 11.8 Å². The van der Waals surface area contributed by atoms with Crippen LogP contribution in [0.1, 0.15) is 77.2 Å². The van der Waals surface area contributed by atoms with Crippen molar-refractivity contribution in [1.82, 2.24) is 25.1 Å². The van der Waals surface area contributed by atoms with E-state index in [1.54, 1.807) is 61.6 Å². The van der Waals surface area contributed by atoms with Gasteiger partial charge in [0.15, 0.2) is 5.78 Å². The number of allylic oxidation sites excluding steroid dienone is 1. The molecule has 1 aromatic heterocycles. The Morgan fingerprint density at radius 3 is 2.29 bits per heavy atom. The third kappa shape index (κ3) is 10.3. The van der Waals surface area contributed by atoms with Gasteiger partial charge in [0.25, 0.3) is 0 Å². The van der Waals surface area contributed by atoms with E-state index in [1.807, 2.05) is 30.3 Å². The van der Waals surface area contributed by atoms with Gasteiger partial charge in [-0.25, -0.2) is 14.2 Å². The SMILES string of the molecule is CC(=CC(=O)[C@@H](COCc1ccccc1)NC(=O)C(C)(C)NC(=O)OC(C)(C)C)c1cn(C(C(=O)N2CCCC2)c2ccccc2F)cn1. The normalized spacial score (nSPS) is 15.0. The molecule has 2 N–H and O–H groups in total. The van der Waals surface area contributed by atoms with Gasteiger partial charge in [0, 0.05) is 24.8 Å². The number of hydrogen-bond acceptors (Lipinski definition) is 7. The molecule has 1 aliphatic heterocycles. The molecule has 3 aromatic rings. The van der Waals surface area contributed by atoms with Crippen LogP contribution in [0.5, 0.6) is 0 Å². The van der Waals surface area contributed by atoms with E-state index in [0.717, 1.165) is 18.4 Å². The molecule has 262 valence electrons. The summed E-state index contributed by atoms with van der Waals surface area (Å²) in [5.41, 5.74) is -0.239. The number of imidazole rings is 1. The van der Waals surface area contributed by atoms with Crippen molar-refractivity contribution >= 4 is 29.3 Å². The molecule has 2 atom stereocenters. The molecule has 1 saturated heterocycles. The topological polar surface area (TPSA) is 132 Å². The number of aromatic nitrogens is 2. The Balaban J connectivity index is 1.55. The molecule has 4 rings (SSSR count). The van der Waals surface area contributed by atoms with Gasteiger partial charge < -0.3 is 29.6 Å². The number of carbonyl (C=O) groups is 4. The summed E-state index contributed by atoms with van der Waals surface area (Å²) in [6.45, 7) is 11.1. The lowest BCUT2D eigenvalue weighted by Gasteiger charge is -2.29. The van der Waals surface area contributed by atoms with E-state index in [2.05, 4.69) is 15.6 Å². The van der Waals surface area contributed by atoms with Crippen LogP contribution in [0.3, 0.4) is 0 Å². The molecule has 1 fully saturated rings.